The number of allylic oxidation sites excluding steroid dienone is 10. The largest absolute Gasteiger partial charge is 0.462 e. The highest BCUT2D eigenvalue weighted by Crippen LogP contribution is 2.18. The van der Waals surface area contributed by atoms with E-state index in [4.69, 9.17) is 14.2 Å². The van der Waals surface area contributed by atoms with Crippen LogP contribution in [0.2, 0.25) is 0 Å². The fraction of sp³-hybridized carbons (Fsp3) is 0.822. The third-order valence-electron chi connectivity index (χ3n) is 15.5. The van der Waals surface area contributed by atoms with E-state index in [1.807, 2.05) is 0 Å². The van der Waals surface area contributed by atoms with E-state index in [1.54, 1.807) is 0 Å². The molecule has 0 spiro atoms. The first kappa shape index (κ1) is 76.1. The molecule has 0 radical (unpaired) electrons. The molecule has 1 atom stereocenters. The molecule has 0 fully saturated rings. The zero-order valence-corrected chi connectivity index (χ0v) is 52.9. The van der Waals surface area contributed by atoms with Gasteiger partial charge in [0.1, 0.15) is 13.2 Å². The minimum atomic E-state index is -0.790. The van der Waals surface area contributed by atoms with Gasteiger partial charge >= 0.3 is 17.9 Å². The number of ether oxygens (including phenoxy) is 3. The number of carbonyl (C=O) groups excluding carboxylic acids is 3. The predicted molar refractivity (Wildman–Crippen MR) is 344 cm³/mol. The maximum absolute atomic E-state index is 12.9. The molecule has 0 aliphatic carbocycles. The smallest absolute Gasteiger partial charge is 0.306 e. The van der Waals surface area contributed by atoms with Gasteiger partial charge in [-0.1, -0.05) is 345 Å². The lowest BCUT2D eigenvalue weighted by Gasteiger charge is -2.18. The molecule has 1 unspecified atom stereocenters. The Kier molecular flexibility index (Phi) is 65.1. The summed E-state index contributed by atoms with van der Waals surface area (Å²) in [4.78, 5) is 38.3. The summed E-state index contributed by atoms with van der Waals surface area (Å²) in [5.74, 6) is -0.896. The van der Waals surface area contributed by atoms with Crippen molar-refractivity contribution in [2.75, 3.05) is 13.2 Å². The number of rotatable bonds is 64. The minimum absolute atomic E-state index is 0.0834. The molecule has 0 aliphatic rings. The SMILES string of the molecule is CC/C=C\C/C=C\C/C=C\C/C=C\C/C=C\CCCCCC(=O)OC(COC(=O)CCCCCCCCCCCCC)COC(=O)CCCCCCCCCCCCCCCCCCCCCCCCCCCCCCCCC. The second kappa shape index (κ2) is 67.6. The first-order valence-corrected chi connectivity index (χ1v) is 34.8. The maximum Gasteiger partial charge on any atom is 0.306 e. The summed E-state index contributed by atoms with van der Waals surface area (Å²) in [5, 5.41) is 0. The van der Waals surface area contributed by atoms with Gasteiger partial charge in [0.2, 0.25) is 0 Å². The van der Waals surface area contributed by atoms with Crippen LogP contribution in [0.1, 0.15) is 367 Å². The summed E-state index contributed by atoms with van der Waals surface area (Å²) in [7, 11) is 0. The summed E-state index contributed by atoms with van der Waals surface area (Å²) in [6.45, 7) is 6.55. The molecule has 79 heavy (non-hydrogen) atoms. The van der Waals surface area contributed by atoms with Crippen molar-refractivity contribution in [2.45, 2.75) is 374 Å². The van der Waals surface area contributed by atoms with E-state index < -0.39 is 6.10 Å². The summed E-state index contributed by atoms with van der Waals surface area (Å²) in [6.07, 6.45) is 87.0. The van der Waals surface area contributed by atoms with Gasteiger partial charge < -0.3 is 14.2 Å². The molecule has 0 aromatic carbocycles. The number of unbranched alkanes of at least 4 members (excludes halogenated alkanes) is 43. The van der Waals surface area contributed by atoms with Crippen LogP contribution in [0.25, 0.3) is 0 Å². The van der Waals surface area contributed by atoms with Crippen molar-refractivity contribution in [2.24, 2.45) is 0 Å². The lowest BCUT2D eigenvalue weighted by molar-refractivity contribution is -0.167. The van der Waals surface area contributed by atoms with Crippen molar-refractivity contribution >= 4 is 17.9 Å². The Morgan fingerprint density at radius 2 is 0.494 bits per heavy atom. The van der Waals surface area contributed by atoms with Crippen LogP contribution in [-0.2, 0) is 28.6 Å². The molecule has 0 heterocycles. The summed E-state index contributed by atoms with van der Waals surface area (Å²) >= 11 is 0. The Balaban J connectivity index is 4.15. The molecule has 0 aliphatic heterocycles. The lowest BCUT2D eigenvalue weighted by Crippen LogP contribution is -2.30. The quantitative estimate of drug-likeness (QED) is 0.0261. The van der Waals surface area contributed by atoms with Crippen molar-refractivity contribution < 1.29 is 28.6 Å². The average molecular weight is 1110 g/mol. The van der Waals surface area contributed by atoms with Crippen molar-refractivity contribution in [3.8, 4) is 0 Å². The first-order valence-electron chi connectivity index (χ1n) is 34.8. The number of hydrogen-bond donors (Lipinski definition) is 0. The van der Waals surface area contributed by atoms with Crippen LogP contribution < -0.4 is 0 Å². The van der Waals surface area contributed by atoms with Crippen molar-refractivity contribution in [1.29, 1.82) is 0 Å². The van der Waals surface area contributed by atoms with Gasteiger partial charge in [-0.05, 0) is 64.2 Å². The van der Waals surface area contributed by atoms with Crippen molar-refractivity contribution in [1.82, 2.24) is 0 Å². The number of hydrogen-bond acceptors (Lipinski definition) is 6. The van der Waals surface area contributed by atoms with Crippen LogP contribution in [0.15, 0.2) is 60.8 Å². The van der Waals surface area contributed by atoms with Gasteiger partial charge in [-0.3, -0.25) is 14.4 Å². The van der Waals surface area contributed by atoms with Crippen LogP contribution >= 0.6 is 0 Å². The van der Waals surface area contributed by atoms with E-state index in [2.05, 4.69) is 81.5 Å². The summed E-state index contributed by atoms with van der Waals surface area (Å²) < 4.78 is 16.9. The van der Waals surface area contributed by atoms with Crippen LogP contribution in [0.4, 0.5) is 0 Å². The first-order chi connectivity index (χ1) is 39.0. The fourth-order valence-corrected chi connectivity index (χ4v) is 10.4. The van der Waals surface area contributed by atoms with Gasteiger partial charge in [-0.15, -0.1) is 0 Å². The van der Waals surface area contributed by atoms with Gasteiger partial charge in [0.05, 0.1) is 0 Å². The minimum Gasteiger partial charge on any atom is -0.462 e. The van der Waals surface area contributed by atoms with Crippen LogP contribution in [0.5, 0.6) is 0 Å². The molecule has 6 nitrogen and oxygen atoms in total. The molecule has 0 saturated carbocycles. The molecule has 0 N–H and O–H groups in total. The molecule has 0 aromatic heterocycles. The number of esters is 3. The Morgan fingerprint density at radius 1 is 0.266 bits per heavy atom. The Bertz CT molecular complexity index is 1410. The Hall–Kier alpha value is -2.89. The van der Waals surface area contributed by atoms with E-state index in [1.165, 1.54) is 231 Å². The van der Waals surface area contributed by atoms with Gasteiger partial charge in [0.25, 0.3) is 0 Å². The van der Waals surface area contributed by atoms with Gasteiger partial charge in [0.15, 0.2) is 6.10 Å². The molecule has 460 valence electrons. The zero-order valence-electron chi connectivity index (χ0n) is 52.9. The zero-order chi connectivity index (χ0) is 57.1. The Labute approximate surface area is 491 Å². The molecule has 0 bridgehead atoms. The normalized spacial score (nSPS) is 12.4. The van der Waals surface area contributed by atoms with Crippen LogP contribution in [-0.4, -0.2) is 37.2 Å². The second-order valence-corrected chi connectivity index (χ2v) is 23.4. The predicted octanol–water partition coefficient (Wildman–Crippen LogP) is 23.9. The van der Waals surface area contributed by atoms with Crippen LogP contribution in [0, 0.1) is 0 Å². The van der Waals surface area contributed by atoms with E-state index in [0.717, 1.165) is 96.3 Å². The van der Waals surface area contributed by atoms with Crippen molar-refractivity contribution in [3.05, 3.63) is 60.8 Å². The highest BCUT2D eigenvalue weighted by Gasteiger charge is 2.19. The fourth-order valence-electron chi connectivity index (χ4n) is 10.4. The lowest BCUT2D eigenvalue weighted by atomic mass is 10.0. The summed E-state index contributed by atoms with van der Waals surface area (Å²) in [5.41, 5.74) is 0. The Morgan fingerprint density at radius 3 is 0.772 bits per heavy atom. The van der Waals surface area contributed by atoms with E-state index in [9.17, 15) is 14.4 Å². The average Bonchev–Trinajstić information content (AvgIpc) is 3.45. The van der Waals surface area contributed by atoms with E-state index in [0.29, 0.717) is 19.3 Å². The molecule has 0 aromatic rings. The summed E-state index contributed by atoms with van der Waals surface area (Å²) in [6, 6.07) is 0. The number of carbonyl (C=O) groups is 3. The third-order valence-corrected chi connectivity index (χ3v) is 15.5. The maximum atomic E-state index is 12.9. The van der Waals surface area contributed by atoms with Crippen LogP contribution in [0.3, 0.4) is 0 Å². The molecule has 0 amide bonds. The topological polar surface area (TPSA) is 78.9 Å². The van der Waals surface area contributed by atoms with E-state index >= 15 is 0 Å². The third kappa shape index (κ3) is 65.8. The molecule has 6 heteroatoms. The second-order valence-electron chi connectivity index (χ2n) is 23.4. The molecular formula is C73H132O6. The standard InChI is InChI=1S/C73H132O6/c1-4-7-10-13-16-19-22-24-26-28-30-31-32-33-34-35-36-37-38-39-40-41-43-44-46-48-51-54-57-60-63-66-72(75)78-69-70(68-77-71(74)65-62-59-56-53-50-21-18-15-12-9-6-3)79-73(76)67-64-61-58-55-52-49-47-45-42-29-27-25-23-20-17-14-11-8-5-2/h8,11,17,20,25,27,42,45,49,52,70H,4-7,9-10,12-16,18-19,21-24,26,28-41,43-44,46-48,50-51,53-69H2,1-3H3/b11-8-,20-17-,27-25-,45-42-,52-49-. The van der Waals surface area contributed by atoms with Crippen molar-refractivity contribution in [3.63, 3.8) is 0 Å². The molecule has 0 rings (SSSR count). The van der Waals surface area contributed by atoms with Gasteiger partial charge in [-0.25, -0.2) is 0 Å². The molecule has 0 saturated heterocycles. The highest BCUT2D eigenvalue weighted by atomic mass is 16.6. The molecular weight excluding hydrogens is 973 g/mol. The highest BCUT2D eigenvalue weighted by molar-refractivity contribution is 5.71. The van der Waals surface area contributed by atoms with Gasteiger partial charge in [0, 0.05) is 19.3 Å². The van der Waals surface area contributed by atoms with Gasteiger partial charge in [-0.2, -0.15) is 0 Å². The monoisotopic (exact) mass is 1110 g/mol. The van der Waals surface area contributed by atoms with E-state index in [-0.39, 0.29) is 31.1 Å².